The van der Waals surface area contributed by atoms with E-state index in [0.717, 1.165) is 23.1 Å². The van der Waals surface area contributed by atoms with Crippen molar-refractivity contribution in [1.29, 1.82) is 0 Å². The van der Waals surface area contributed by atoms with Crippen molar-refractivity contribution in [3.05, 3.63) is 36.7 Å². The largest absolute Gasteiger partial charge is 0.306 e. The summed E-state index contributed by atoms with van der Waals surface area (Å²) in [6.07, 6.45) is 4.10. The number of carbonyl (C=O) groups is 1. The number of piperidine rings is 1. The first kappa shape index (κ1) is 20.4. The lowest BCUT2D eigenvalue weighted by Gasteiger charge is -2.35. The molecule has 0 radical (unpaired) electrons. The maximum absolute atomic E-state index is 15.3. The molecule has 2 aromatic heterocycles. The van der Waals surface area contributed by atoms with Crippen LogP contribution in [-0.4, -0.2) is 56.1 Å². The highest BCUT2D eigenvalue weighted by molar-refractivity contribution is 5.98. The summed E-state index contributed by atoms with van der Waals surface area (Å²) in [5, 5.41) is 15.9. The molecular weight excluding hydrogens is 383 g/mol. The Morgan fingerprint density at radius 1 is 1.20 bits per heavy atom. The van der Waals surface area contributed by atoms with Gasteiger partial charge in [0.25, 0.3) is 5.91 Å². The number of nitrogens with zero attached hydrogens (tertiary/aromatic N) is 5. The molecule has 0 spiro atoms. The van der Waals surface area contributed by atoms with Gasteiger partial charge in [0, 0.05) is 56.7 Å². The number of anilines is 1. The summed E-state index contributed by atoms with van der Waals surface area (Å²) in [6, 6.07) is 7.52. The second kappa shape index (κ2) is 8.10. The van der Waals surface area contributed by atoms with E-state index in [1.54, 1.807) is 16.9 Å². The molecule has 7 nitrogen and oxygen atoms in total. The topological polar surface area (TPSA) is 75.9 Å². The van der Waals surface area contributed by atoms with Gasteiger partial charge in [-0.1, -0.05) is 19.9 Å². The molecule has 0 aliphatic carbocycles. The van der Waals surface area contributed by atoms with E-state index >= 15 is 4.39 Å². The fraction of sp³-hybridized carbons (Fsp3) is 0.455. The fourth-order valence-corrected chi connectivity index (χ4v) is 3.92. The number of rotatable bonds is 5. The van der Waals surface area contributed by atoms with Crippen LogP contribution in [0.3, 0.4) is 0 Å². The first-order valence-electron chi connectivity index (χ1n) is 10.3. The standard InChI is InChI=1S/C22H27FN6O/c1-15(2)13-29-8-6-22(23,7-9-29)21(30)25-20-11-17-10-16(4-5-19(17)26-27-20)18-12-24-28(3)14-18/h4-5,10-12,14-15H,6-9,13H2,1-3H3,(H,25,27,30). The van der Waals surface area contributed by atoms with E-state index in [-0.39, 0.29) is 18.7 Å². The minimum atomic E-state index is -1.87. The Morgan fingerprint density at radius 2 is 1.97 bits per heavy atom. The zero-order chi connectivity index (χ0) is 21.3. The van der Waals surface area contributed by atoms with Gasteiger partial charge in [0.05, 0.1) is 11.7 Å². The Morgan fingerprint density at radius 3 is 2.63 bits per heavy atom. The van der Waals surface area contributed by atoms with Crippen LogP contribution < -0.4 is 5.32 Å². The molecule has 1 fully saturated rings. The summed E-state index contributed by atoms with van der Waals surface area (Å²) in [7, 11) is 1.86. The van der Waals surface area contributed by atoms with E-state index in [1.165, 1.54) is 0 Å². The van der Waals surface area contributed by atoms with Gasteiger partial charge >= 0.3 is 0 Å². The SMILES string of the molecule is CC(C)CN1CCC(F)(C(=O)Nc2cc3cc(-c4cnn(C)c4)ccc3nn2)CC1. The lowest BCUT2D eigenvalue weighted by molar-refractivity contribution is -0.130. The second-order valence-corrected chi connectivity index (χ2v) is 8.52. The molecule has 3 heterocycles. The van der Waals surface area contributed by atoms with Gasteiger partial charge < -0.3 is 10.2 Å². The maximum Gasteiger partial charge on any atom is 0.263 e. The third kappa shape index (κ3) is 4.33. The van der Waals surface area contributed by atoms with Crippen molar-refractivity contribution >= 4 is 22.6 Å². The molecule has 1 aliphatic rings. The Labute approximate surface area is 175 Å². The summed E-state index contributed by atoms with van der Waals surface area (Å²) < 4.78 is 17.0. The van der Waals surface area contributed by atoms with Crippen LogP contribution in [0, 0.1) is 5.92 Å². The van der Waals surface area contributed by atoms with Crippen LogP contribution in [0.15, 0.2) is 36.7 Å². The smallest absolute Gasteiger partial charge is 0.263 e. The van der Waals surface area contributed by atoms with E-state index in [0.29, 0.717) is 24.5 Å². The number of nitrogens with one attached hydrogen (secondary N) is 1. The number of benzene rings is 1. The number of carbonyl (C=O) groups excluding carboxylic acids is 1. The van der Waals surface area contributed by atoms with E-state index in [4.69, 9.17) is 0 Å². The van der Waals surface area contributed by atoms with Crippen molar-refractivity contribution < 1.29 is 9.18 Å². The number of alkyl halides is 1. The minimum absolute atomic E-state index is 0.192. The van der Waals surface area contributed by atoms with E-state index in [2.05, 4.69) is 39.4 Å². The molecule has 1 amide bonds. The first-order valence-corrected chi connectivity index (χ1v) is 10.3. The average molecular weight is 410 g/mol. The Balaban J connectivity index is 1.48. The molecule has 1 N–H and O–H groups in total. The highest BCUT2D eigenvalue weighted by Crippen LogP contribution is 2.29. The summed E-state index contributed by atoms with van der Waals surface area (Å²) in [4.78, 5) is 14.9. The third-order valence-electron chi connectivity index (χ3n) is 5.54. The average Bonchev–Trinajstić information content (AvgIpc) is 3.15. The number of aromatic nitrogens is 4. The quantitative estimate of drug-likeness (QED) is 0.697. The molecular formula is C22H27FN6O. The molecule has 0 bridgehead atoms. The molecule has 0 atom stereocenters. The van der Waals surface area contributed by atoms with Crippen LogP contribution in [0.2, 0.25) is 0 Å². The Bertz CT molecular complexity index is 1050. The molecule has 30 heavy (non-hydrogen) atoms. The zero-order valence-corrected chi connectivity index (χ0v) is 17.6. The predicted molar refractivity (Wildman–Crippen MR) is 115 cm³/mol. The van der Waals surface area contributed by atoms with Gasteiger partial charge in [0.15, 0.2) is 11.5 Å². The lowest BCUT2D eigenvalue weighted by atomic mass is 9.92. The van der Waals surface area contributed by atoms with E-state index < -0.39 is 11.6 Å². The van der Waals surface area contributed by atoms with Gasteiger partial charge in [-0.3, -0.25) is 9.48 Å². The van der Waals surface area contributed by atoms with E-state index in [9.17, 15) is 4.79 Å². The number of amides is 1. The van der Waals surface area contributed by atoms with E-state index in [1.807, 2.05) is 31.4 Å². The van der Waals surface area contributed by atoms with Gasteiger partial charge in [-0.2, -0.15) is 5.10 Å². The normalized spacial score (nSPS) is 16.8. The number of likely N-dealkylation sites (tertiary alicyclic amines) is 1. The van der Waals surface area contributed by atoms with Gasteiger partial charge in [-0.25, -0.2) is 4.39 Å². The molecule has 1 saturated heterocycles. The minimum Gasteiger partial charge on any atom is -0.306 e. The number of fused-ring (bicyclic) bond motifs is 1. The maximum atomic E-state index is 15.3. The van der Waals surface area contributed by atoms with Crippen molar-refractivity contribution in [2.24, 2.45) is 13.0 Å². The molecule has 1 aromatic carbocycles. The van der Waals surface area contributed by atoms with Gasteiger partial charge in [-0.05, 0) is 29.7 Å². The fourth-order valence-electron chi connectivity index (χ4n) is 3.92. The highest BCUT2D eigenvalue weighted by atomic mass is 19.1. The van der Waals surface area contributed by atoms with Crippen molar-refractivity contribution in [3.8, 4) is 11.1 Å². The van der Waals surface area contributed by atoms with Crippen LogP contribution >= 0.6 is 0 Å². The van der Waals surface area contributed by atoms with Crippen LogP contribution in [0.1, 0.15) is 26.7 Å². The summed E-state index contributed by atoms with van der Waals surface area (Å²) in [5.41, 5.74) is 0.803. The number of halogens is 1. The van der Waals surface area contributed by atoms with Gasteiger partial charge in [0.2, 0.25) is 0 Å². The molecule has 3 aromatic rings. The highest BCUT2D eigenvalue weighted by Gasteiger charge is 2.41. The van der Waals surface area contributed by atoms with Crippen molar-refractivity contribution in [2.75, 3.05) is 25.0 Å². The lowest BCUT2D eigenvalue weighted by Crippen LogP contribution is -2.49. The van der Waals surface area contributed by atoms with Gasteiger partial charge in [0.1, 0.15) is 0 Å². The molecule has 8 heteroatoms. The van der Waals surface area contributed by atoms with Gasteiger partial charge in [-0.15, -0.1) is 10.2 Å². The molecule has 0 unspecified atom stereocenters. The summed E-state index contributed by atoms with van der Waals surface area (Å²) in [6.45, 7) is 6.37. The summed E-state index contributed by atoms with van der Waals surface area (Å²) in [5.74, 6) is 0.150. The number of aryl methyl sites for hydroxylation is 1. The molecule has 1 aliphatic heterocycles. The summed E-state index contributed by atoms with van der Waals surface area (Å²) >= 11 is 0. The molecule has 4 rings (SSSR count). The van der Waals surface area contributed by atoms with Crippen LogP contribution in [0.5, 0.6) is 0 Å². The Kier molecular flexibility index (Phi) is 5.51. The molecule has 0 saturated carbocycles. The predicted octanol–water partition coefficient (Wildman–Crippen LogP) is 3.43. The number of hydrogen-bond donors (Lipinski definition) is 1. The zero-order valence-electron chi connectivity index (χ0n) is 17.6. The van der Waals surface area contributed by atoms with Crippen molar-refractivity contribution in [2.45, 2.75) is 32.4 Å². The second-order valence-electron chi connectivity index (χ2n) is 8.52. The molecule has 158 valence electrons. The van der Waals surface area contributed by atoms with Crippen LogP contribution in [-0.2, 0) is 11.8 Å². The van der Waals surface area contributed by atoms with Crippen molar-refractivity contribution in [3.63, 3.8) is 0 Å². The Hall–Kier alpha value is -2.87. The van der Waals surface area contributed by atoms with Crippen LogP contribution in [0.25, 0.3) is 22.0 Å². The monoisotopic (exact) mass is 410 g/mol. The third-order valence-corrected chi connectivity index (χ3v) is 5.54. The van der Waals surface area contributed by atoms with Crippen LogP contribution in [0.4, 0.5) is 10.2 Å². The van der Waals surface area contributed by atoms with Crippen molar-refractivity contribution in [1.82, 2.24) is 24.9 Å². The number of hydrogen-bond acceptors (Lipinski definition) is 5. The first-order chi connectivity index (χ1) is 14.3.